The molecule has 0 heterocycles. The van der Waals surface area contributed by atoms with Crippen molar-refractivity contribution in [2.45, 2.75) is 13.8 Å². The Morgan fingerprint density at radius 2 is 2.00 bits per heavy atom. The van der Waals surface area contributed by atoms with Crippen LogP contribution in [0.4, 0.5) is 0 Å². The summed E-state index contributed by atoms with van der Waals surface area (Å²) < 4.78 is 0. The molecule has 0 unspecified atom stereocenters. The number of hydrogen-bond acceptors (Lipinski definition) is 2. The van der Waals surface area contributed by atoms with Crippen molar-refractivity contribution < 1.29 is 9.90 Å². The molecule has 0 spiro atoms. The van der Waals surface area contributed by atoms with E-state index in [1.807, 2.05) is 47.4 Å². The minimum atomic E-state index is -0.774. The molecule has 98 valence electrons. The lowest BCUT2D eigenvalue weighted by atomic mass is 10.2. The smallest absolute Gasteiger partial charge is 0.317 e. The minimum absolute atomic E-state index is 0.0946. The number of carbonyl (C=O) groups is 1. The molecule has 1 N–H and O–H groups in total. The molecule has 0 amide bonds. The van der Waals surface area contributed by atoms with Crippen molar-refractivity contribution in [3.8, 4) is 0 Å². The summed E-state index contributed by atoms with van der Waals surface area (Å²) in [4.78, 5) is 12.7. The van der Waals surface area contributed by atoms with Gasteiger partial charge in [0, 0.05) is 13.1 Å². The molecule has 1 rings (SSSR count). The van der Waals surface area contributed by atoms with Crippen molar-refractivity contribution in [1.82, 2.24) is 4.90 Å². The van der Waals surface area contributed by atoms with E-state index in [9.17, 15) is 4.79 Å². The quantitative estimate of drug-likeness (QED) is 0.805. The predicted octanol–water partition coefficient (Wildman–Crippen LogP) is 2.74. The topological polar surface area (TPSA) is 40.5 Å². The molecule has 3 nitrogen and oxygen atoms in total. The lowest BCUT2D eigenvalue weighted by Gasteiger charge is -2.20. The molecule has 0 radical (unpaired) electrons. The molecule has 0 bridgehead atoms. The van der Waals surface area contributed by atoms with Crippen molar-refractivity contribution in [3.63, 3.8) is 0 Å². The number of benzene rings is 1. The highest BCUT2D eigenvalue weighted by Crippen LogP contribution is 2.03. The molecule has 3 heteroatoms. The summed E-state index contributed by atoms with van der Waals surface area (Å²) in [5.74, 6) is -0.307. The average molecular weight is 247 g/mol. The molecule has 1 aromatic carbocycles. The van der Waals surface area contributed by atoms with Crippen LogP contribution in [0, 0.1) is 5.92 Å². The molecule has 0 saturated heterocycles. The molecule has 1 aromatic rings. The van der Waals surface area contributed by atoms with Crippen LogP contribution in [0.5, 0.6) is 0 Å². The molecule has 0 aliphatic rings. The summed E-state index contributed by atoms with van der Waals surface area (Å²) in [6.07, 6.45) is 4.04. The van der Waals surface area contributed by atoms with Crippen molar-refractivity contribution >= 4 is 12.0 Å². The molecular formula is C15H21NO2. The zero-order valence-electron chi connectivity index (χ0n) is 11.0. The van der Waals surface area contributed by atoms with E-state index in [1.165, 1.54) is 0 Å². The normalized spacial score (nSPS) is 11.6. The first-order chi connectivity index (χ1) is 8.58. The first-order valence-electron chi connectivity index (χ1n) is 6.23. The second-order valence-electron chi connectivity index (χ2n) is 4.79. The van der Waals surface area contributed by atoms with Crippen LogP contribution >= 0.6 is 0 Å². The molecule has 0 saturated carbocycles. The van der Waals surface area contributed by atoms with Gasteiger partial charge in [0.1, 0.15) is 0 Å². The highest BCUT2D eigenvalue weighted by atomic mass is 16.4. The number of carboxylic acids is 1. The third-order valence-electron chi connectivity index (χ3n) is 2.46. The van der Waals surface area contributed by atoms with Gasteiger partial charge in [-0.1, -0.05) is 56.3 Å². The van der Waals surface area contributed by atoms with Gasteiger partial charge in [0.15, 0.2) is 0 Å². The highest BCUT2D eigenvalue weighted by molar-refractivity contribution is 5.69. The van der Waals surface area contributed by atoms with Crippen LogP contribution < -0.4 is 0 Å². The van der Waals surface area contributed by atoms with E-state index < -0.39 is 5.97 Å². The van der Waals surface area contributed by atoms with Gasteiger partial charge in [0.2, 0.25) is 0 Å². The third-order valence-corrected chi connectivity index (χ3v) is 2.46. The van der Waals surface area contributed by atoms with E-state index in [4.69, 9.17) is 5.11 Å². The van der Waals surface area contributed by atoms with Gasteiger partial charge >= 0.3 is 5.97 Å². The van der Waals surface area contributed by atoms with Crippen LogP contribution in [0.25, 0.3) is 6.08 Å². The van der Waals surface area contributed by atoms with Crippen LogP contribution in [0.3, 0.4) is 0 Å². The van der Waals surface area contributed by atoms with Gasteiger partial charge in [-0.3, -0.25) is 9.69 Å². The Hall–Kier alpha value is -1.61. The first-order valence-corrected chi connectivity index (χ1v) is 6.23. The van der Waals surface area contributed by atoms with E-state index in [0.29, 0.717) is 12.5 Å². The maximum absolute atomic E-state index is 10.8. The van der Waals surface area contributed by atoms with Gasteiger partial charge in [0.25, 0.3) is 0 Å². The Balaban J connectivity index is 2.50. The fraction of sp³-hybridized carbons (Fsp3) is 0.400. The molecule has 0 aromatic heterocycles. The summed E-state index contributed by atoms with van der Waals surface area (Å²) in [6.45, 7) is 5.74. The lowest BCUT2D eigenvalue weighted by Crippen LogP contribution is -2.33. The summed E-state index contributed by atoms with van der Waals surface area (Å²) in [5.41, 5.74) is 1.14. The fourth-order valence-electron chi connectivity index (χ4n) is 1.81. The minimum Gasteiger partial charge on any atom is -0.480 e. The summed E-state index contributed by atoms with van der Waals surface area (Å²) in [7, 11) is 0. The van der Waals surface area contributed by atoms with Crippen molar-refractivity contribution in [2.75, 3.05) is 19.6 Å². The molecule has 0 aliphatic carbocycles. The van der Waals surface area contributed by atoms with E-state index in [1.54, 1.807) is 0 Å². The molecule has 0 atom stereocenters. The maximum Gasteiger partial charge on any atom is 0.317 e. The predicted molar refractivity (Wildman–Crippen MR) is 74.4 cm³/mol. The van der Waals surface area contributed by atoms with Gasteiger partial charge < -0.3 is 5.11 Å². The summed E-state index contributed by atoms with van der Waals surface area (Å²) in [6, 6.07) is 10.0. The van der Waals surface area contributed by atoms with Crippen LogP contribution in [0.15, 0.2) is 36.4 Å². The largest absolute Gasteiger partial charge is 0.480 e. The van der Waals surface area contributed by atoms with Crippen molar-refractivity contribution in [1.29, 1.82) is 0 Å². The van der Waals surface area contributed by atoms with E-state index in [0.717, 1.165) is 12.1 Å². The molecule has 0 aliphatic heterocycles. The third kappa shape index (κ3) is 6.21. The fourth-order valence-corrected chi connectivity index (χ4v) is 1.81. The van der Waals surface area contributed by atoms with E-state index in [2.05, 4.69) is 13.8 Å². The number of aliphatic carboxylic acids is 1. The van der Waals surface area contributed by atoms with E-state index >= 15 is 0 Å². The Morgan fingerprint density at radius 3 is 2.56 bits per heavy atom. The van der Waals surface area contributed by atoms with Crippen LogP contribution in [0.2, 0.25) is 0 Å². The van der Waals surface area contributed by atoms with E-state index in [-0.39, 0.29) is 6.54 Å². The number of hydrogen-bond donors (Lipinski definition) is 1. The van der Waals surface area contributed by atoms with Gasteiger partial charge in [-0.2, -0.15) is 0 Å². The number of rotatable bonds is 7. The Kier molecular flexibility index (Phi) is 6.15. The number of nitrogens with zero attached hydrogens (tertiary/aromatic N) is 1. The van der Waals surface area contributed by atoms with Gasteiger partial charge in [-0.05, 0) is 11.5 Å². The molecule has 18 heavy (non-hydrogen) atoms. The van der Waals surface area contributed by atoms with Crippen LogP contribution in [0.1, 0.15) is 19.4 Å². The standard InChI is InChI=1S/C15H21NO2/c1-13(2)11-16(12-15(17)18)10-6-9-14-7-4-3-5-8-14/h3-9,13H,10-12H2,1-2H3,(H,17,18). The Bertz CT molecular complexity index is 385. The Morgan fingerprint density at radius 1 is 1.33 bits per heavy atom. The van der Waals surface area contributed by atoms with Gasteiger partial charge in [0.05, 0.1) is 6.54 Å². The maximum atomic E-state index is 10.8. The second kappa shape index (κ2) is 7.67. The monoisotopic (exact) mass is 247 g/mol. The van der Waals surface area contributed by atoms with Crippen molar-refractivity contribution in [3.05, 3.63) is 42.0 Å². The van der Waals surface area contributed by atoms with Crippen LogP contribution in [-0.2, 0) is 4.79 Å². The molecular weight excluding hydrogens is 226 g/mol. The van der Waals surface area contributed by atoms with Gasteiger partial charge in [-0.25, -0.2) is 0 Å². The lowest BCUT2D eigenvalue weighted by molar-refractivity contribution is -0.138. The molecule has 0 fully saturated rings. The summed E-state index contributed by atoms with van der Waals surface area (Å²) in [5, 5.41) is 8.85. The zero-order valence-corrected chi connectivity index (χ0v) is 11.0. The second-order valence-corrected chi connectivity index (χ2v) is 4.79. The van der Waals surface area contributed by atoms with Gasteiger partial charge in [-0.15, -0.1) is 0 Å². The van der Waals surface area contributed by atoms with Crippen LogP contribution in [-0.4, -0.2) is 35.6 Å². The average Bonchev–Trinajstić information content (AvgIpc) is 2.28. The SMILES string of the molecule is CC(C)CN(CC=Cc1ccccc1)CC(=O)O. The summed E-state index contributed by atoms with van der Waals surface area (Å²) >= 11 is 0. The van der Waals surface area contributed by atoms with Crippen molar-refractivity contribution in [2.24, 2.45) is 5.92 Å². The number of carboxylic acid groups (broad SMARTS) is 1. The highest BCUT2D eigenvalue weighted by Gasteiger charge is 2.09. The Labute approximate surface area is 109 Å². The first kappa shape index (κ1) is 14.5. The zero-order chi connectivity index (χ0) is 13.4.